The van der Waals surface area contributed by atoms with E-state index < -0.39 is 17.5 Å². The van der Waals surface area contributed by atoms with Gasteiger partial charge >= 0.3 is 5.97 Å². The van der Waals surface area contributed by atoms with Crippen molar-refractivity contribution in [2.75, 3.05) is 7.11 Å². The Balaban J connectivity index is 2.68. The quantitative estimate of drug-likeness (QED) is 0.489. The molecule has 0 aliphatic carbocycles. The number of ether oxygens (including phenoxy) is 1. The van der Waals surface area contributed by atoms with E-state index in [0.717, 1.165) is 18.7 Å². The summed E-state index contributed by atoms with van der Waals surface area (Å²) in [6.45, 7) is 0. The molecular weight excluding hydrogens is 220 g/mol. The third-order valence-electron chi connectivity index (χ3n) is 1.91. The molecule has 0 aliphatic rings. The van der Waals surface area contributed by atoms with Crippen LogP contribution in [0.5, 0.6) is 0 Å². The van der Waals surface area contributed by atoms with Crippen LogP contribution in [0.2, 0.25) is 0 Å². The lowest BCUT2D eigenvalue weighted by molar-refractivity contribution is -0.139. The maximum atomic E-state index is 11.3. The smallest absolute Gasteiger partial charge is 0.373 e. The highest BCUT2D eigenvalue weighted by Crippen LogP contribution is 2.01. The van der Waals surface area contributed by atoms with Gasteiger partial charge in [0.15, 0.2) is 5.78 Å². The molecule has 0 bridgehead atoms. The maximum Gasteiger partial charge on any atom is 0.373 e. The maximum absolute atomic E-state index is 11.3. The van der Waals surface area contributed by atoms with Crippen LogP contribution in [-0.2, 0) is 14.3 Å². The van der Waals surface area contributed by atoms with Crippen molar-refractivity contribution in [3.05, 3.63) is 53.8 Å². The Morgan fingerprint density at radius 1 is 1.24 bits per heavy atom. The molecule has 88 valence electrons. The second-order valence-corrected chi connectivity index (χ2v) is 3.17. The molecule has 0 heterocycles. The van der Waals surface area contributed by atoms with Gasteiger partial charge in [-0.3, -0.25) is 4.79 Å². The van der Waals surface area contributed by atoms with Gasteiger partial charge < -0.3 is 9.84 Å². The minimum absolute atomic E-state index is 0.489. The van der Waals surface area contributed by atoms with Gasteiger partial charge in [-0.05, 0) is 11.6 Å². The summed E-state index contributed by atoms with van der Waals surface area (Å²) in [5.74, 6) is -2.14. The number of carbonyl (C=O) groups excluding carboxylic acids is 2. The zero-order valence-corrected chi connectivity index (χ0v) is 9.29. The fourth-order valence-corrected chi connectivity index (χ4v) is 1.09. The van der Waals surface area contributed by atoms with E-state index in [1.54, 1.807) is 6.08 Å². The Morgan fingerprint density at radius 2 is 1.88 bits per heavy atom. The second-order valence-electron chi connectivity index (χ2n) is 3.17. The van der Waals surface area contributed by atoms with Gasteiger partial charge in [0.1, 0.15) is 0 Å². The number of hydrogen-bond acceptors (Lipinski definition) is 4. The lowest BCUT2D eigenvalue weighted by Crippen LogP contribution is -2.05. The number of allylic oxidation sites excluding steroid dienone is 2. The monoisotopic (exact) mass is 232 g/mol. The Labute approximate surface area is 98.8 Å². The van der Waals surface area contributed by atoms with E-state index >= 15 is 0 Å². The van der Waals surface area contributed by atoms with Gasteiger partial charge in [0.2, 0.25) is 5.76 Å². The molecule has 0 unspecified atom stereocenters. The average molecular weight is 232 g/mol. The molecule has 0 saturated heterocycles. The van der Waals surface area contributed by atoms with E-state index in [4.69, 9.17) is 5.11 Å². The summed E-state index contributed by atoms with van der Waals surface area (Å²) in [7, 11) is 1.12. The summed E-state index contributed by atoms with van der Waals surface area (Å²) < 4.78 is 4.24. The topological polar surface area (TPSA) is 63.6 Å². The van der Waals surface area contributed by atoms with Crippen LogP contribution in [0.3, 0.4) is 0 Å². The first kappa shape index (κ1) is 12.7. The van der Waals surface area contributed by atoms with E-state index in [-0.39, 0.29) is 0 Å². The van der Waals surface area contributed by atoms with Crippen LogP contribution in [-0.4, -0.2) is 24.0 Å². The molecule has 1 aromatic carbocycles. The van der Waals surface area contributed by atoms with Gasteiger partial charge in [-0.15, -0.1) is 0 Å². The highest BCUT2D eigenvalue weighted by Gasteiger charge is 2.07. The van der Waals surface area contributed by atoms with E-state index in [2.05, 4.69) is 4.74 Å². The SMILES string of the molecule is COC(=O)/C(O)=C/C(=O)/C=C/c1ccccc1. The number of hydrogen-bond donors (Lipinski definition) is 1. The third-order valence-corrected chi connectivity index (χ3v) is 1.91. The molecule has 17 heavy (non-hydrogen) atoms. The molecule has 1 aromatic rings. The van der Waals surface area contributed by atoms with Crippen molar-refractivity contribution in [3.8, 4) is 0 Å². The van der Waals surface area contributed by atoms with Gasteiger partial charge in [-0.2, -0.15) is 0 Å². The highest BCUT2D eigenvalue weighted by atomic mass is 16.5. The Hall–Kier alpha value is -2.36. The normalized spacial score (nSPS) is 11.5. The lowest BCUT2D eigenvalue weighted by Gasteiger charge is -1.95. The summed E-state index contributed by atoms with van der Waals surface area (Å²) in [5.41, 5.74) is 0.854. The summed E-state index contributed by atoms with van der Waals surface area (Å²) in [5, 5.41) is 9.12. The van der Waals surface area contributed by atoms with Crippen LogP contribution in [0, 0.1) is 0 Å². The van der Waals surface area contributed by atoms with Crippen LogP contribution in [0.1, 0.15) is 5.56 Å². The number of ketones is 1. The predicted molar refractivity (Wildman–Crippen MR) is 63.2 cm³/mol. The van der Waals surface area contributed by atoms with Gasteiger partial charge in [-0.25, -0.2) is 4.79 Å². The third kappa shape index (κ3) is 4.34. The lowest BCUT2D eigenvalue weighted by atomic mass is 10.2. The minimum atomic E-state index is -0.938. The molecule has 0 saturated carbocycles. The zero-order chi connectivity index (χ0) is 12.7. The fourth-order valence-electron chi connectivity index (χ4n) is 1.09. The number of methoxy groups -OCH3 is 1. The van der Waals surface area contributed by atoms with Gasteiger partial charge in [-0.1, -0.05) is 36.4 Å². The number of esters is 1. The largest absolute Gasteiger partial charge is 0.502 e. The number of aliphatic hydroxyl groups is 1. The zero-order valence-electron chi connectivity index (χ0n) is 9.29. The molecule has 0 aliphatic heterocycles. The van der Waals surface area contributed by atoms with Gasteiger partial charge in [0, 0.05) is 6.08 Å². The van der Waals surface area contributed by atoms with E-state index in [9.17, 15) is 9.59 Å². The molecule has 0 atom stereocenters. The second kappa shape index (κ2) is 6.27. The Morgan fingerprint density at radius 3 is 2.47 bits per heavy atom. The summed E-state index contributed by atoms with van der Waals surface area (Å²) >= 11 is 0. The molecule has 0 amide bonds. The number of carbonyl (C=O) groups is 2. The van der Waals surface area contributed by atoms with Gasteiger partial charge in [0.25, 0.3) is 0 Å². The molecular formula is C13H12O4. The van der Waals surface area contributed by atoms with Crippen molar-refractivity contribution in [1.82, 2.24) is 0 Å². The van der Waals surface area contributed by atoms with Gasteiger partial charge in [0.05, 0.1) is 7.11 Å². The van der Waals surface area contributed by atoms with Crippen molar-refractivity contribution < 1.29 is 19.4 Å². The first-order valence-corrected chi connectivity index (χ1v) is 4.89. The molecule has 1 rings (SSSR count). The standard InChI is InChI=1S/C13H12O4/c1-17-13(16)12(15)9-11(14)8-7-10-5-3-2-4-6-10/h2-9,15H,1H3/b8-7+,12-9-. The molecule has 0 fully saturated rings. The number of rotatable bonds is 4. The molecule has 4 heteroatoms. The predicted octanol–water partition coefficient (Wildman–Crippen LogP) is 1.88. The summed E-state index contributed by atoms with van der Waals surface area (Å²) in [6.07, 6.45) is 3.66. The number of benzene rings is 1. The molecule has 0 aromatic heterocycles. The summed E-state index contributed by atoms with van der Waals surface area (Å²) in [6, 6.07) is 9.20. The van der Waals surface area contributed by atoms with E-state index in [1.165, 1.54) is 6.08 Å². The Kier molecular flexibility index (Phi) is 4.69. The van der Waals surface area contributed by atoms with E-state index in [1.807, 2.05) is 30.3 Å². The van der Waals surface area contributed by atoms with Crippen molar-refractivity contribution in [1.29, 1.82) is 0 Å². The van der Waals surface area contributed by atoms with E-state index in [0.29, 0.717) is 0 Å². The summed E-state index contributed by atoms with van der Waals surface area (Å²) in [4.78, 5) is 22.1. The molecule has 0 spiro atoms. The van der Waals surface area contributed by atoms with Crippen molar-refractivity contribution in [2.45, 2.75) is 0 Å². The van der Waals surface area contributed by atoms with Crippen molar-refractivity contribution in [2.24, 2.45) is 0 Å². The van der Waals surface area contributed by atoms with Crippen LogP contribution < -0.4 is 0 Å². The van der Waals surface area contributed by atoms with Crippen LogP contribution in [0.25, 0.3) is 6.08 Å². The first-order chi connectivity index (χ1) is 8.13. The van der Waals surface area contributed by atoms with Crippen molar-refractivity contribution in [3.63, 3.8) is 0 Å². The highest BCUT2D eigenvalue weighted by molar-refractivity contribution is 6.05. The molecule has 0 radical (unpaired) electrons. The first-order valence-electron chi connectivity index (χ1n) is 4.89. The van der Waals surface area contributed by atoms with Crippen LogP contribution >= 0.6 is 0 Å². The Bertz CT molecular complexity index is 458. The molecule has 1 N–H and O–H groups in total. The fraction of sp³-hybridized carbons (Fsp3) is 0.0769. The minimum Gasteiger partial charge on any atom is -0.502 e. The molecule has 4 nitrogen and oxygen atoms in total. The average Bonchev–Trinajstić information content (AvgIpc) is 2.36. The van der Waals surface area contributed by atoms with Crippen LogP contribution in [0.15, 0.2) is 48.2 Å². The van der Waals surface area contributed by atoms with Crippen molar-refractivity contribution >= 4 is 17.8 Å². The number of aliphatic hydroxyl groups excluding tert-OH is 1. The van der Waals surface area contributed by atoms with Crippen LogP contribution in [0.4, 0.5) is 0 Å².